The predicted molar refractivity (Wildman–Crippen MR) is 67.7 cm³/mol. The molecule has 5 heteroatoms. The Bertz CT molecular complexity index is 321. The number of hydrogen-bond acceptors (Lipinski definition) is 5. The Labute approximate surface area is 98.4 Å². The van der Waals surface area contributed by atoms with E-state index in [0.717, 1.165) is 30.6 Å². The zero-order valence-electron chi connectivity index (χ0n) is 8.77. The van der Waals surface area contributed by atoms with Crippen molar-refractivity contribution in [2.45, 2.75) is 13.3 Å². The molecule has 0 amide bonds. The van der Waals surface area contributed by atoms with Gasteiger partial charge in [0.25, 0.3) is 0 Å². The molecule has 1 aromatic rings. The Morgan fingerprint density at radius 3 is 3.20 bits per heavy atom. The molecule has 1 unspecified atom stereocenters. The van der Waals surface area contributed by atoms with Gasteiger partial charge in [-0.05, 0) is 5.92 Å². The van der Waals surface area contributed by atoms with E-state index in [1.165, 1.54) is 10.8 Å². The summed E-state index contributed by atoms with van der Waals surface area (Å²) in [4.78, 5) is 8.72. The minimum absolute atomic E-state index is 0.722. The standard InChI is InChI=1S/C10H15N3S2/c1-8-6-13-10(15-7-8)12-3-2-9-11-4-5-14-9/h4-5,8H,2-3,6-7H2,1H3,(H,12,13). The van der Waals surface area contributed by atoms with Crippen molar-refractivity contribution in [2.24, 2.45) is 10.9 Å². The monoisotopic (exact) mass is 241 g/mol. The van der Waals surface area contributed by atoms with Crippen molar-refractivity contribution < 1.29 is 0 Å². The molecule has 1 aromatic heterocycles. The first-order chi connectivity index (χ1) is 7.34. The molecule has 1 atom stereocenters. The van der Waals surface area contributed by atoms with Gasteiger partial charge in [-0.2, -0.15) is 0 Å². The minimum Gasteiger partial charge on any atom is -0.365 e. The third kappa shape index (κ3) is 3.50. The maximum absolute atomic E-state index is 4.48. The molecule has 15 heavy (non-hydrogen) atoms. The fourth-order valence-corrected chi connectivity index (χ4v) is 2.86. The molecule has 1 N–H and O–H groups in total. The van der Waals surface area contributed by atoms with Crippen LogP contribution in [0, 0.1) is 5.92 Å². The Hall–Kier alpha value is -0.550. The summed E-state index contributed by atoms with van der Waals surface area (Å²) in [7, 11) is 0. The average molecular weight is 241 g/mol. The van der Waals surface area contributed by atoms with Gasteiger partial charge in [-0.1, -0.05) is 18.7 Å². The molecule has 2 heterocycles. The van der Waals surface area contributed by atoms with Crippen LogP contribution in [-0.2, 0) is 6.42 Å². The summed E-state index contributed by atoms with van der Waals surface area (Å²) >= 11 is 3.54. The Balaban J connectivity index is 1.70. The highest BCUT2D eigenvalue weighted by molar-refractivity contribution is 8.13. The largest absolute Gasteiger partial charge is 0.365 e. The summed E-state index contributed by atoms with van der Waals surface area (Å²) in [6.45, 7) is 4.14. The lowest BCUT2D eigenvalue weighted by Gasteiger charge is -2.17. The number of nitrogens with zero attached hydrogens (tertiary/aromatic N) is 2. The van der Waals surface area contributed by atoms with Gasteiger partial charge < -0.3 is 5.32 Å². The molecule has 82 valence electrons. The van der Waals surface area contributed by atoms with Gasteiger partial charge in [0.1, 0.15) is 0 Å². The van der Waals surface area contributed by atoms with Gasteiger partial charge in [0.05, 0.1) is 5.01 Å². The van der Waals surface area contributed by atoms with Crippen LogP contribution in [0.4, 0.5) is 0 Å². The third-order valence-corrected chi connectivity index (χ3v) is 4.27. The molecule has 0 radical (unpaired) electrons. The van der Waals surface area contributed by atoms with E-state index >= 15 is 0 Å². The van der Waals surface area contributed by atoms with Crippen LogP contribution in [0.3, 0.4) is 0 Å². The first-order valence-electron chi connectivity index (χ1n) is 5.14. The van der Waals surface area contributed by atoms with Crippen molar-refractivity contribution in [3.8, 4) is 0 Å². The smallest absolute Gasteiger partial charge is 0.156 e. The number of amidine groups is 1. The lowest BCUT2D eigenvalue weighted by atomic mass is 10.2. The number of thiazole rings is 1. The molecule has 0 spiro atoms. The van der Waals surface area contributed by atoms with E-state index in [9.17, 15) is 0 Å². The average Bonchev–Trinajstić information content (AvgIpc) is 2.74. The zero-order chi connectivity index (χ0) is 10.5. The van der Waals surface area contributed by atoms with E-state index in [4.69, 9.17) is 0 Å². The van der Waals surface area contributed by atoms with Crippen LogP contribution in [0.25, 0.3) is 0 Å². The molecule has 1 aliphatic heterocycles. The number of aliphatic imine (C=N–C) groups is 1. The zero-order valence-corrected chi connectivity index (χ0v) is 10.4. The summed E-state index contributed by atoms with van der Waals surface area (Å²) in [6, 6.07) is 0. The fourth-order valence-electron chi connectivity index (χ4n) is 1.32. The van der Waals surface area contributed by atoms with Crippen molar-refractivity contribution >= 4 is 28.3 Å². The number of hydrogen-bond donors (Lipinski definition) is 1. The Morgan fingerprint density at radius 1 is 1.60 bits per heavy atom. The highest BCUT2D eigenvalue weighted by atomic mass is 32.2. The molecule has 0 saturated heterocycles. The van der Waals surface area contributed by atoms with Crippen molar-refractivity contribution in [2.75, 3.05) is 18.8 Å². The van der Waals surface area contributed by atoms with Gasteiger partial charge >= 0.3 is 0 Å². The first-order valence-corrected chi connectivity index (χ1v) is 7.00. The SMILES string of the molecule is CC1CN=C(NCCc2nccs2)SC1. The van der Waals surface area contributed by atoms with E-state index in [-0.39, 0.29) is 0 Å². The maximum atomic E-state index is 4.48. The van der Waals surface area contributed by atoms with E-state index in [0.29, 0.717) is 0 Å². The summed E-state index contributed by atoms with van der Waals surface area (Å²) in [5.74, 6) is 1.91. The molecule has 3 nitrogen and oxygen atoms in total. The van der Waals surface area contributed by atoms with Crippen molar-refractivity contribution in [3.05, 3.63) is 16.6 Å². The van der Waals surface area contributed by atoms with E-state index in [2.05, 4.69) is 22.2 Å². The summed E-state index contributed by atoms with van der Waals surface area (Å²) < 4.78 is 0. The van der Waals surface area contributed by atoms with Crippen LogP contribution < -0.4 is 5.32 Å². The second-order valence-corrected chi connectivity index (χ2v) is 5.65. The summed E-state index contributed by atoms with van der Waals surface area (Å²) in [6.07, 6.45) is 2.85. The molecular weight excluding hydrogens is 226 g/mol. The number of aromatic nitrogens is 1. The third-order valence-electron chi connectivity index (χ3n) is 2.15. The van der Waals surface area contributed by atoms with Gasteiger partial charge in [0.2, 0.25) is 0 Å². The number of thioether (sulfide) groups is 1. The number of rotatable bonds is 3. The molecular formula is C10H15N3S2. The highest BCUT2D eigenvalue weighted by Crippen LogP contribution is 2.15. The second-order valence-electron chi connectivity index (χ2n) is 3.66. The summed E-state index contributed by atoms with van der Waals surface area (Å²) in [5, 5.41) is 7.67. The quantitative estimate of drug-likeness (QED) is 0.879. The van der Waals surface area contributed by atoms with E-state index in [1.807, 2.05) is 23.3 Å². The van der Waals surface area contributed by atoms with Crippen LogP contribution in [0.5, 0.6) is 0 Å². The predicted octanol–water partition coefficient (Wildman–Crippen LogP) is 2.01. The summed E-state index contributed by atoms with van der Waals surface area (Å²) in [5.41, 5.74) is 0. The van der Waals surface area contributed by atoms with Gasteiger partial charge in [-0.3, -0.25) is 4.99 Å². The molecule has 0 bridgehead atoms. The minimum atomic E-state index is 0.722. The normalized spacial score (nSPS) is 21.1. The highest BCUT2D eigenvalue weighted by Gasteiger charge is 2.11. The number of nitrogens with one attached hydrogen (secondary N) is 1. The second kappa shape index (κ2) is 5.51. The van der Waals surface area contributed by atoms with Crippen molar-refractivity contribution in [1.29, 1.82) is 0 Å². The van der Waals surface area contributed by atoms with E-state index < -0.39 is 0 Å². The first kappa shape index (κ1) is 11.0. The molecule has 0 fully saturated rings. The van der Waals surface area contributed by atoms with Crippen LogP contribution in [0.2, 0.25) is 0 Å². The molecule has 0 saturated carbocycles. The Morgan fingerprint density at radius 2 is 2.53 bits per heavy atom. The van der Waals surface area contributed by atoms with Crippen molar-refractivity contribution in [3.63, 3.8) is 0 Å². The lowest BCUT2D eigenvalue weighted by molar-refractivity contribution is 0.669. The molecule has 0 aliphatic carbocycles. The van der Waals surface area contributed by atoms with Gasteiger partial charge in [0.15, 0.2) is 5.17 Å². The molecule has 0 aromatic carbocycles. The maximum Gasteiger partial charge on any atom is 0.156 e. The van der Waals surface area contributed by atoms with Crippen LogP contribution >= 0.6 is 23.1 Å². The van der Waals surface area contributed by atoms with Crippen LogP contribution in [0.15, 0.2) is 16.6 Å². The van der Waals surface area contributed by atoms with Crippen LogP contribution in [-0.4, -0.2) is 29.0 Å². The van der Waals surface area contributed by atoms with E-state index in [1.54, 1.807) is 11.3 Å². The van der Waals surface area contributed by atoms with Gasteiger partial charge in [-0.25, -0.2) is 4.98 Å². The van der Waals surface area contributed by atoms with Gasteiger partial charge in [-0.15, -0.1) is 11.3 Å². The Kier molecular flexibility index (Phi) is 4.02. The fraction of sp³-hybridized carbons (Fsp3) is 0.600. The van der Waals surface area contributed by atoms with Crippen molar-refractivity contribution in [1.82, 2.24) is 10.3 Å². The molecule has 2 rings (SSSR count). The topological polar surface area (TPSA) is 37.3 Å². The lowest BCUT2D eigenvalue weighted by Crippen LogP contribution is -2.27. The van der Waals surface area contributed by atoms with Gasteiger partial charge in [0, 0.05) is 36.8 Å². The van der Waals surface area contributed by atoms with Crippen LogP contribution in [0.1, 0.15) is 11.9 Å². The molecule has 1 aliphatic rings.